The van der Waals surface area contributed by atoms with Crippen molar-refractivity contribution in [3.05, 3.63) is 47.3 Å². The van der Waals surface area contributed by atoms with Crippen LogP contribution in [0.4, 0.5) is 0 Å². The second kappa shape index (κ2) is 5.63. The molecule has 0 amide bonds. The third kappa shape index (κ3) is 2.59. The van der Waals surface area contributed by atoms with Gasteiger partial charge in [0.1, 0.15) is 7.05 Å². The zero-order valence-corrected chi connectivity index (χ0v) is 15.0. The van der Waals surface area contributed by atoms with E-state index in [2.05, 4.69) is 69.1 Å². The molecular weight excluding hydrogens is 357 g/mol. The highest BCUT2D eigenvalue weighted by molar-refractivity contribution is 5.56. The molecule has 20 heavy (non-hydrogen) atoms. The molecule has 0 unspecified atom stereocenters. The molecule has 3 aliphatic carbocycles. The number of hydrogen-bond acceptors (Lipinski definition) is 0. The molecule has 2 heteroatoms. The van der Waals surface area contributed by atoms with Crippen molar-refractivity contribution in [2.24, 2.45) is 24.3 Å². The Morgan fingerprint density at radius 1 is 1.30 bits per heavy atom. The highest BCUT2D eigenvalue weighted by Gasteiger charge is 2.50. The molecule has 1 heterocycles. The van der Waals surface area contributed by atoms with Crippen LogP contribution in [0.15, 0.2) is 36.2 Å². The van der Waals surface area contributed by atoms with E-state index in [4.69, 9.17) is 0 Å². The van der Waals surface area contributed by atoms with Gasteiger partial charge in [0.15, 0.2) is 12.4 Å². The van der Waals surface area contributed by atoms with E-state index >= 15 is 0 Å². The van der Waals surface area contributed by atoms with Gasteiger partial charge in [0.2, 0.25) is 0 Å². The molecule has 2 bridgehead atoms. The Kier molecular flexibility index (Phi) is 4.43. The van der Waals surface area contributed by atoms with Gasteiger partial charge in [-0.25, -0.2) is 4.57 Å². The average molecular weight is 381 g/mol. The number of rotatable bonds is 2. The van der Waals surface area contributed by atoms with E-state index < -0.39 is 0 Å². The van der Waals surface area contributed by atoms with Crippen molar-refractivity contribution in [1.29, 1.82) is 0 Å². The predicted octanol–water partition coefficient (Wildman–Crippen LogP) is 0.829. The monoisotopic (exact) mass is 381 g/mol. The van der Waals surface area contributed by atoms with E-state index in [0.717, 1.165) is 11.8 Å². The maximum absolute atomic E-state index is 2.46. The largest absolute Gasteiger partial charge is 1.00 e. The number of hydrogen-bond donors (Lipinski definition) is 0. The molecule has 4 rings (SSSR count). The highest BCUT2D eigenvalue weighted by Crippen LogP contribution is 2.59. The topological polar surface area (TPSA) is 3.88 Å². The summed E-state index contributed by atoms with van der Waals surface area (Å²) < 4.78 is 2.10. The van der Waals surface area contributed by atoms with Crippen LogP contribution in [-0.2, 0) is 7.05 Å². The van der Waals surface area contributed by atoms with Crippen LogP contribution in [0.2, 0.25) is 0 Å². The zero-order valence-electron chi connectivity index (χ0n) is 12.9. The Balaban J connectivity index is 0.00000147. The first-order valence-corrected chi connectivity index (χ1v) is 7.32. The van der Waals surface area contributed by atoms with Gasteiger partial charge >= 0.3 is 0 Å². The molecule has 0 N–H and O–H groups in total. The lowest BCUT2D eigenvalue weighted by molar-refractivity contribution is -0.671. The minimum absolute atomic E-state index is 0. The Labute approximate surface area is 139 Å². The maximum Gasteiger partial charge on any atom is 0.172 e. The van der Waals surface area contributed by atoms with Crippen molar-refractivity contribution in [3.63, 3.8) is 0 Å². The number of allylic oxidation sites excluding steroid dienone is 3. The summed E-state index contributed by atoms with van der Waals surface area (Å²) in [6.45, 7) is 7.04. The van der Waals surface area contributed by atoms with E-state index in [1.165, 1.54) is 24.0 Å². The van der Waals surface area contributed by atoms with Crippen molar-refractivity contribution in [3.8, 4) is 0 Å². The van der Waals surface area contributed by atoms with Crippen LogP contribution in [-0.4, -0.2) is 0 Å². The molecule has 0 saturated heterocycles. The third-order valence-corrected chi connectivity index (χ3v) is 5.31. The lowest BCUT2D eigenvalue weighted by Gasteiger charge is -2.56. The van der Waals surface area contributed by atoms with Gasteiger partial charge in [0.05, 0.1) is 0 Å². The zero-order chi connectivity index (χ0) is 13.6. The maximum atomic E-state index is 2.46. The summed E-state index contributed by atoms with van der Waals surface area (Å²) in [6, 6.07) is 2.20. The van der Waals surface area contributed by atoms with E-state index in [1.54, 1.807) is 5.57 Å². The molecule has 2 atom stereocenters. The van der Waals surface area contributed by atoms with Crippen LogP contribution in [0, 0.1) is 24.2 Å². The SMILES string of the molecule is Cc1c[n+](C)ccc1/C=C/C1=CC[C@H]2C[C@@H]1C2(C)C.[I-]. The number of aryl methyl sites for hydroxylation is 2. The Morgan fingerprint density at radius 3 is 2.65 bits per heavy atom. The molecule has 0 aliphatic heterocycles. The number of nitrogens with zero attached hydrogens (tertiary/aromatic N) is 1. The van der Waals surface area contributed by atoms with Gasteiger partial charge < -0.3 is 24.0 Å². The average Bonchev–Trinajstić information content (AvgIpc) is 2.37. The van der Waals surface area contributed by atoms with E-state index in [-0.39, 0.29) is 24.0 Å². The van der Waals surface area contributed by atoms with Gasteiger partial charge in [-0.15, -0.1) is 0 Å². The van der Waals surface area contributed by atoms with Gasteiger partial charge in [0, 0.05) is 11.6 Å². The van der Waals surface area contributed by atoms with Crippen LogP contribution >= 0.6 is 0 Å². The van der Waals surface area contributed by atoms with Crippen molar-refractivity contribution >= 4 is 6.08 Å². The van der Waals surface area contributed by atoms with Crippen LogP contribution in [0.5, 0.6) is 0 Å². The van der Waals surface area contributed by atoms with Crippen LogP contribution in [0.25, 0.3) is 6.08 Å². The van der Waals surface area contributed by atoms with E-state index in [1.807, 2.05) is 0 Å². The first-order chi connectivity index (χ1) is 8.98. The van der Waals surface area contributed by atoms with Crippen LogP contribution < -0.4 is 28.5 Å². The smallest absolute Gasteiger partial charge is 0.172 e. The number of aromatic nitrogens is 1. The summed E-state index contributed by atoms with van der Waals surface area (Å²) in [6.07, 6.45) is 14.1. The van der Waals surface area contributed by atoms with E-state index in [9.17, 15) is 0 Å². The predicted molar refractivity (Wildman–Crippen MR) is 79.5 cm³/mol. The minimum atomic E-state index is 0. The Morgan fingerprint density at radius 2 is 2.05 bits per heavy atom. The molecule has 1 fully saturated rings. The minimum Gasteiger partial charge on any atom is -1.00 e. The van der Waals surface area contributed by atoms with Crippen molar-refractivity contribution in [2.75, 3.05) is 0 Å². The molecule has 1 saturated carbocycles. The first-order valence-electron chi connectivity index (χ1n) is 7.32. The van der Waals surface area contributed by atoms with Crippen molar-refractivity contribution in [1.82, 2.24) is 0 Å². The van der Waals surface area contributed by atoms with Crippen molar-refractivity contribution in [2.45, 2.75) is 33.6 Å². The fraction of sp³-hybridized carbons (Fsp3) is 0.500. The summed E-state index contributed by atoms with van der Waals surface area (Å²) in [4.78, 5) is 0. The first kappa shape index (κ1) is 15.7. The number of pyridine rings is 1. The summed E-state index contributed by atoms with van der Waals surface area (Å²) >= 11 is 0. The molecule has 3 aliphatic rings. The van der Waals surface area contributed by atoms with E-state index in [0.29, 0.717) is 5.41 Å². The third-order valence-electron chi connectivity index (χ3n) is 5.31. The second-order valence-corrected chi connectivity index (χ2v) is 6.83. The molecule has 1 aromatic heterocycles. The Bertz CT molecular complexity index is 569. The summed E-state index contributed by atoms with van der Waals surface area (Å²) in [5.74, 6) is 1.70. The van der Waals surface area contributed by atoms with Gasteiger partial charge in [-0.2, -0.15) is 0 Å². The standard InChI is InChI=1S/C18H24N.HI/c1-13-12-19(4)10-9-14(13)5-6-15-7-8-16-11-17(15)18(16,2)3;/h5-7,9-10,12,16-17H,8,11H2,1-4H3;1H/q+1;/p-1/b6-5+;/t16-,17-;/m0./s1. The lowest BCUT2D eigenvalue weighted by atomic mass is 9.49. The summed E-state index contributed by atoms with van der Waals surface area (Å²) in [7, 11) is 2.07. The molecular formula is C18H24IN. The van der Waals surface area contributed by atoms with Gasteiger partial charge in [0.25, 0.3) is 0 Å². The molecule has 1 nitrogen and oxygen atoms in total. The summed E-state index contributed by atoms with van der Waals surface area (Å²) in [5.41, 5.74) is 4.74. The normalized spacial score (nSPS) is 26.7. The molecule has 0 spiro atoms. The summed E-state index contributed by atoms with van der Waals surface area (Å²) in [5, 5.41) is 0. The lowest BCUT2D eigenvalue weighted by Crippen LogP contribution is -3.00. The second-order valence-electron chi connectivity index (χ2n) is 6.83. The fourth-order valence-electron chi connectivity index (χ4n) is 3.71. The molecule has 0 aromatic carbocycles. The highest BCUT2D eigenvalue weighted by atomic mass is 127. The van der Waals surface area contributed by atoms with Crippen LogP contribution in [0.1, 0.15) is 37.8 Å². The van der Waals surface area contributed by atoms with Gasteiger partial charge in [-0.3, -0.25) is 0 Å². The number of fused-ring (bicyclic) bond motifs is 1. The molecule has 0 radical (unpaired) electrons. The quantitative estimate of drug-likeness (QED) is 0.528. The fourth-order valence-corrected chi connectivity index (χ4v) is 3.71. The van der Waals surface area contributed by atoms with Gasteiger partial charge in [-0.1, -0.05) is 32.1 Å². The molecule has 108 valence electrons. The number of halogens is 1. The van der Waals surface area contributed by atoms with Gasteiger partial charge in [-0.05, 0) is 48.2 Å². The molecule has 1 aromatic rings. The van der Waals surface area contributed by atoms with Crippen LogP contribution in [0.3, 0.4) is 0 Å². The van der Waals surface area contributed by atoms with Crippen molar-refractivity contribution < 1.29 is 28.5 Å². The Hall–Kier alpha value is -0.640.